The third kappa shape index (κ3) is 6.92. The van der Waals surface area contributed by atoms with Gasteiger partial charge in [0.15, 0.2) is 0 Å². The minimum atomic E-state index is -0.551. The van der Waals surface area contributed by atoms with Crippen LogP contribution in [0.3, 0.4) is 0 Å². The van der Waals surface area contributed by atoms with Crippen molar-refractivity contribution in [3.05, 3.63) is 64.6 Å². The molecule has 2 N–H and O–H groups in total. The molecule has 0 spiro atoms. The SMILES string of the molecule is CC(NC(=O)CCSc1ccccc1Br)C(=O)NCc1ccccc1. The zero-order valence-electron chi connectivity index (χ0n) is 14.0. The summed E-state index contributed by atoms with van der Waals surface area (Å²) in [5, 5.41) is 5.57. The molecule has 2 rings (SSSR count). The first kappa shape index (κ1) is 19.5. The molecule has 6 heteroatoms. The second kappa shape index (κ2) is 10.3. The van der Waals surface area contributed by atoms with Gasteiger partial charge in [-0.1, -0.05) is 42.5 Å². The molecule has 0 saturated heterocycles. The number of carbonyl (C=O) groups is 2. The molecule has 0 saturated carbocycles. The van der Waals surface area contributed by atoms with Crippen LogP contribution in [0.15, 0.2) is 64.0 Å². The second-order valence-electron chi connectivity index (χ2n) is 5.52. The third-order valence-corrected chi connectivity index (χ3v) is 5.53. The van der Waals surface area contributed by atoms with E-state index in [2.05, 4.69) is 26.6 Å². The van der Waals surface area contributed by atoms with Gasteiger partial charge in [0.05, 0.1) is 0 Å². The standard InChI is InChI=1S/C19H21BrN2O2S/c1-14(19(24)21-13-15-7-3-2-4-8-15)22-18(23)11-12-25-17-10-6-5-9-16(17)20/h2-10,14H,11-13H2,1H3,(H,21,24)(H,22,23). The summed E-state index contributed by atoms with van der Waals surface area (Å²) in [5.74, 6) is 0.352. The van der Waals surface area contributed by atoms with Gasteiger partial charge in [0, 0.05) is 28.1 Å². The van der Waals surface area contributed by atoms with Crippen molar-refractivity contribution in [1.82, 2.24) is 10.6 Å². The molecule has 25 heavy (non-hydrogen) atoms. The monoisotopic (exact) mass is 420 g/mol. The van der Waals surface area contributed by atoms with Gasteiger partial charge in [-0.15, -0.1) is 11.8 Å². The summed E-state index contributed by atoms with van der Waals surface area (Å²) in [6, 6.07) is 17.0. The van der Waals surface area contributed by atoms with Crippen molar-refractivity contribution in [2.24, 2.45) is 0 Å². The lowest BCUT2D eigenvalue weighted by atomic mass is 10.2. The molecule has 4 nitrogen and oxygen atoms in total. The highest BCUT2D eigenvalue weighted by Gasteiger charge is 2.15. The average molecular weight is 421 g/mol. The fourth-order valence-corrected chi connectivity index (χ4v) is 3.65. The maximum Gasteiger partial charge on any atom is 0.242 e. The Morgan fingerprint density at radius 2 is 1.76 bits per heavy atom. The zero-order chi connectivity index (χ0) is 18.1. The number of halogens is 1. The van der Waals surface area contributed by atoms with Crippen molar-refractivity contribution in [1.29, 1.82) is 0 Å². The molecule has 2 amide bonds. The molecule has 0 heterocycles. The topological polar surface area (TPSA) is 58.2 Å². The number of nitrogens with one attached hydrogen (secondary N) is 2. The Morgan fingerprint density at radius 3 is 2.48 bits per heavy atom. The Labute approximate surface area is 160 Å². The van der Waals surface area contributed by atoms with E-state index in [9.17, 15) is 9.59 Å². The molecular formula is C19H21BrN2O2S. The molecule has 1 atom stereocenters. The van der Waals surface area contributed by atoms with Crippen molar-refractivity contribution < 1.29 is 9.59 Å². The van der Waals surface area contributed by atoms with E-state index in [1.165, 1.54) is 0 Å². The number of benzene rings is 2. The Kier molecular flexibility index (Phi) is 8.01. The maximum atomic E-state index is 12.1. The number of hydrogen-bond acceptors (Lipinski definition) is 3. The minimum Gasteiger partial charge on any atom is -0.350 e. The highest BCUT2D eigenvalue weighted by Crippen LogP contribution is 2.27. The van der Waals surface area contributed by atoms with Crippen LogP contribution in [-0.2, 0) is 16.1 Å². The van der Waals surface area contributed by atoms with Crippen LogP contribution >= 0.6 is 27.7 Å². The van der Waals surface area contributed by atoms with Crippen LogP contribution < -0.4 is 10.6 Å². The number of rotatable bonds is 8. The van der Waals surface area contributed by atoms with E-state index < -0.39 is 6.04 Å². The molecule has 2 aromatic carbocycles. The lowest BCUT2D eigenvalue weighted by Gasteiger charge is -2.14. The molecule has 2 aromatic rings. The summed E-state index contributed by atoms with van der Waals surface area (Å²) in [5.41, 5.74) is 1.03. The van der Waals surface area contributed by atoms with Crippen LogP contribution in [0.25, 0.3) is 0 Å². The molecular weight excluding hydrogens is 400 g/mol. The second-order valence-corrected chi connectivity index (χ2v) is 7.51. The summed E-state index contributed by atoms with van der Waals surface area (Å²) in [6.07, 6.45) is 0.363. The molecule has 0 aromatic heterocycles. The largest absolute Gasteiger partial charge is 0.350 e. The predicted molar refractivity (Wildman–Crippen MR) is 105 cm³/mol. The predicted octanol–water partition coefficient (Wildman–Crippen LogP) is 3.75. The number of hydrogen-bond donors (Lipinski definition) is 2. The van der Waals surface area contributed by atoms with Gasteiger partial charge in [0.2, 0.25) is 11.8 Å². The number of carbonyl (C=O) groups excluding carboxylic acids is 2. The van der Waals surface area contributed by atoms with Crippen LogP contribution in [0, 0.1) is 0 Å². The number of amides is 2. The van der Waals surface area contributed by atoms with Crippen LogP contribution in [0.1, 0.15) is 18.9 Å². The molecule has 0 aliphatic carbocycles. The Bertz CT molecular complexity index is 710. The van der Waals surface area contributed by atoms with E-state index in [1.807, 2.05) is 54.6 Å². The molecule has 132 valence electrons. The van der Waals surface area contributed by atoms with Crippen molar-refractivity contribution in [2.45, 2.75) is 30.8 Å². The molecule has 0 bridgehead atoms. The van der Waals surface area contributed by atoms with E-state index in [0.29, 0.717) is 18.7 Å². The molecule has 0 aliphatic rings. The van der Waals surface area contributed by atoms with Gasteiger partial charge >= 0.3 is 0 Å². The summed E-state index contributed by atoms with van der Waals surface area (Å²) < 4.78 is 1.02. The van der Waals surface area contributed by atoms with Gasteiger partial charge in [0.25, 0.3) is 0 Å². The summed E-state index contributed by atoms with van der Waals surface area (Å²) in [4.78, 5) is 25.1. The highest BCUT2D eigenvalue weighted by molar-refractivity contribution is 9.10. The van der Waals surface area contributed by atoms with Crippen molar-refractivity contribution in [3.8, 4) is 0 Å². The van der Waals surface area contributed by atoms with Crippen LogP contribution in [0.4, 0.5) is 0 Å². The summed E-state index contributed by atoms with van der Waals surface area (Å²) in [7, 11) is 0. The summed E-state index contributed by atoms with van der Waals surface area (Å²) in [6.45, 7) is 2.15. The first-order valence-corrected chi connectivity index (χ1v) is 9.82. The van der Waals surface area contributed by atoms with Crippen LogP contribution in [0.2, 0.25) is 0 Å². The van der Waals surface area contributed by atoms with E-state index in [4.69, 9.17) is 0 Å². The molecule has 0 radical (unpaired) electrons. The van der Waals surface area contributed by atoms with Crippen LogP contribution in [-0.4, -0.2) is 23.6 Å². The fraction of sp³-hybridized carbons (Fsp3) is 0.263. The Balaban J connectivity index is 1.68. The normalized spacial score (nSPS) is 11.6. The summed E-state index contributed by atoms with van der Waals surface area (Å²) >= 11 is 5.10. The first-order valence-electron chi connectivity index (χ1n) is 8.04. The lowest BCUT2D eigenvalue weighted by Crippen LogP contribution is -2.44. The number of thioether (sulfide) groups is 1. The molecule has 1 unspecified atom stereocenters. The van der Waals surface area contributed by atoms with E-state index in [0.717, 1.165) is 14.9 Å². The third-order valence-electron chi connectivity index (χ3n) is 3.50. The maximum absolute atomic E-state index is 12.1. The minimum absolute atomic E-state index is 0.123. The van der Waals surface area contributed by atoms with Gasteiger partial charge < -0.3 is 10.6 Å². The van der Waals surface area contributed by atoms with Crippen molar-refractivity contribution in [2.75, 3.05) is 5.75 Å². The van der Waals surface area contributed by atoms with Crippen molar-refractivity contribution >= 4 is 39.5 Å². The van der Waals surface area contributed by atoms with Gasteiger partial charge in [-0.3, -0.25) is 9.59 Å². The van der Waals surface area contributed by atoms with Crippen LogP contribution in [0.5, 0.6) is 0 Å². The Hall–Kier alpha value is -1.79. The Morgan fingerprint density at radius 1 is 1.08 bits per heavy atom. The zero-order valence-corrected chi connectivity index (χ0v) is 16.4. The van der Waals surface area contributed by atoms with Gasteiger partial charge in [-0.05, 0) is 40.5 Å². The van der Waals surface area contributed by atoms with Crippen molar-refractivity contribution in [3.63, 3.8) is 0 Å². The smallest absolute Gasteiger partial charge is 0.242 e. The molecule has 0 fully saturated rings. The quantitative estimate of drug-likeness (QED) is 0.639. The van der Waals surface area contributed by atoms with Gasteiger partial charge in [0.1, 0.15) is 6.04 Å². The molecule has 0 aliphatic heterocycles. The van der Waals surface area contributed by atoms with E-state index in [-0.39, 0.29) is 11.8 Å². The van der Waals surface area contributed by atoms with E-state index in [1.54, 1.807) is 18.7 Å². The van der Waals surface area contributed by atoms with Gasteiger partial charge in [-0.2, -0.15) is 0 Å². The lowest BCUT2D eigenvalue weighted by molar-refractivity contribution is -0.128. The van der Waals surface area contributed by atoms with E-state index >= 15 is 0 Å². The fourth-order valence-electron chi connectivity index (χ4n) is 2.13. The first-order chi connectivity index (χ1) is 12.1. The highest BCUT2D eigenvalue weighted by atomic mass is 79.9. The average Bonchev–Trinajstić information content (AvgIpc) is 2.62. The van der Waals surface area contributed by atoms with Gasteiger partial charge in [-0.25, -0.2) is 0 Å².